The maximum atomic E-state index is 11.7. The van der Waals surface area contributed by atoms with Crippen LogP contribution in [0, 0.1) is 5.41 Å². The van der Waals surface area contributed by atoms with Crippen LogP contribution in [0.2, 0.25) is 0 Å². The van der Waals surface area contributed by atoms with Crippen LogP contribution in [0.1, 0.15) is 26.2 Å². The lowest BCUT2D eigenvalue weighted by Gasteiger charge is -2.26. The van der Waals surface area contributed by atoms with Gasteiger partial charge in [0.2, 0.25) is 5.91 Å². The molecule has 2 fully saturated rings. The second-order valence-corrected chi connectivity index (χ2v) is 5.16. The maximum Gasteiger partial charge on any atom is 0.234 e. The van der Waals surface area contributed by atoms with Gasteiger partial charge in [0.05, 0.1) is 6.54 Å². The summed E-state index contributed by atoms with van der Waals surface area (Å²) >= 11 is 0. The number of nitrogens with zero attached hydrogens (tertiary/aromatic N) is 1. The van der Waals surface area contributed by atoms with Gasteiger partial charge in [0, 0.05) is 32.7 Å². The van der Waals surface area contributed by atoms with Crippen LogP contribution in [0.4, 0.5) is 0 Å². The van der Waals surface area contributed by atoms with E-state index in [1.54, 1.807) is 0 Å². The molecule has 0 unspecified atom stereocenters. The molecular formula is C12H23N3O. The Morgan fingerprint density at radius 2 is 2.06 bits per heavy atom. The normalized spacial score (nSPS) is 24.1. The highest BCUT2D eigenvalue weighted by Gasteiger charge is 2.40. The van der Waals surface area contributed by atoms with Crippen molar-refractivity contribution in [1.29, 1.82) is 0 Å². The van der Waals surface area contributed by atoms with Crippen LogP contribution in [-0.2, 0) is 4.79 Å². The summed E-state index contributed by atoms with van der Waals surface area (Å²) in [6.45, 7) is 7.67. The van der Waals surface area contributed by atoms with Crippen molar-refractivity contribution in [2.75, 3.05) is 39.3 Å². The first-order valence-corrected chi connectivity index (χ1v) is 6.44. The van der Waals surface area contributed by atoms with Gasteiger partial charge in [-0.1, -0.05) is 6.92 Å². The molecule has 2 aliphatic rings. The van der Waals surface area contributed by atoms with Crippen molar-refractivity contribution < 1.29 is 4.79 Å². The van der Waals surface area contributed by atoms with Gasteiger partial charge in [-0.3, -0.25) is 9.69 Å². The molecule has 16 heavy (non-hydrogen) atoms. The molecule has 0 aromatic heterocycles. The number of piperazine rings is 1. The molecule has 0 radical (unpaired) electrons. The lowest BCUT2D eigenvalue weighted by molar-refractivity contribution is -0.122. The summed E-state index contributed by atoms with van der Waals surface area (Å²) in [6.07, 6.45) is 3.77. The number of carbonyl (C=O) groups is 1. The summed E-state index contributed by atoms with van der Waals surface area (Å²) in [7, 11) is 0. The minimum atomic E-state index is 0.196. The number of nitrogens with one attached hydrogen (secondary N) is 2. The molecule has 2 rings (SSSR count). The quantitative estimate of drug-likeness (QED) is 0.702. The van der Waals surface area contributed by atoms with E-state index in [9.17, 15) is 4.79 Å². The van der Waals surface area contributed by atoms with Crippen molar-refractivity contribution in [3.8, 4) is 0 Å². The summed E-state index contributed by atoms with van der Waals surface area (Å²) in [5.41, 5.74) is 0.457. The average molecular weight is 225 g/mol. The highest BCUT2D eigenvalue weighted by molar-refractivity contribution is 5.78. The van der Waals surface area contributed by atoms with Gasteiger partial charge in [0.1, 0.15) is 0 Å². The van der Waals surface area contributed by atoms with Crippen molar-refractivity contribution in [2.45, 2.75) is 26.2 Å². The fraction of sp³-hybridized carbons (Fsp3) is 0.917. The van der Waals surface area contributed by atoms with Crippen LogP contribution in [0.15, 0.2) is 0 Å². The SMILES string of the molecule is CCC1(CNC(=O)CN2CCNCC2)CC1. The second kappa shape index (κ2) is 5.15. The van der Waals surface area contributed by atoms with E-state index in [-0.39, 0.29) is 5.91 Å². The van der Waals surface area contributed by atoms with Crippen molar-refractivity contribution >= 4 is 5.91 Å². The predicted octanol–water partition coefficient (Wildman–Crippen LogP) is 0.198. The van der Waals surface area contributed by atoms with Gasteiger partial charge in [-0.2, -0.15) is 0 Å². The molecule has 1 aliphatic carbocycles. The molecule has 92 valence electrons. The monoisotopic (exact) mass is 225 g/mol. The number of amides is 1. The summed E-state index contributed by atoms with van der Waals surface area (Å²) in [5, 5.41) is 6.37. The zero-order chi connectivity index (χ0) is 11.4. The fourth-order valence-electron chi connectivity index (χ4n) is 2.25. The molecule has 0 bridgehead atoms. The highest BCUT2D eigenvalue weighted by atomic mass is 16.2. The van der Waals surface area contributed by atoms with E-state index in [0.29, 0.717) is 12.0 Å². The highest BCUT2D eigenvalue weighted by Crippen LogP contribution is 2.47. The Balaban J connectivity index is 1.64. The van der Waals surface area contributed by atoms with E-state index in [0.717, 1.165) is 32.7 Å². The molecule has 1 saturated carbocycles. The van der Waals surface area contributed by atoms with Crippen molar-refractivity contribution in [2.24, 2.45) is 5.41 Å². The Kier molecular flexibility index (Phi) is 3.82. The standard InChI is InChI=1S/C12H23N3O/c1-2-12(3-4-12)10-14-11(16)9-15-7-5-13-6-8-15/h13H,2-10H2,1H3,(H,14,16). The van der Waals surface area contributed by atoms with Crippen LogP contribution >= 0.6 is 0 Å². The summed E-state index contributed by atoms with van der Waals surface area (Å²) in [4.78, 5) is 13.9. The van der Waals surface area contributed by atoms with Gasteiger partial charge in [-0.05, 0) is 24.7 Å². The zero-order valence-electron chi connectivity index (χ0n) is 10.2. The van der Waals surface area contributed by atoms with E-state index >= 15 is 0 Å². The summed E-state index contributed by atoms with van der Waals surface area (Å²) < 4.78 is 0. The van der Waals surface area contributed by atoms with E-state index in [1.165, 1.54) is 19.3 Å². The van der Waals surface area contributed by atoms with Crippen molar-refractivity contribution in [3.63, 3.8) is 0 Å². The molecule has 1 heterocycles. The van der Waals surface area contributed by atoms with Gasteiger partial charge < -0.3 is 10.6 Å². The Morgan fingerprint density at radius 1 is 1.38 bits per heavy atom. The first-order chi connectivity index (χ1) is 7.74. The molecule has 4 nitrogen and oxygen atoms in total. The molecule has 0 aromatic carbocycles. The molecule has 2 N–H and O–H groups in total. The largest absolute Gasteiger partial charge is 0.354 e. The van der Waals surface area contributed by atoms with Crippen molar-refractivity contribution in [3.05, 3.63) is 0 Å². The molecular weight excluding hydrogens is 202 g/mol. The van der Waals surface area contributed by atoms with Crippen LogP contribution in [0.25, 0.3) is 0 Å². The molecule has 1 amide bonds. The topological polar surface area (TPSA) is 44.4 Å². The third-order valence-corrected chi connectivity index (χ3v) is 3.94. The Hall–Kier alpha value is -0.610. The van der Waals surface area contributed by atoms with E-state index < -0.39 is 0 Å². The minimum Gasteiger partial charge on any atom is -0.354 e. The molecule has 0 atom stereocenters. The van der Waals surface area contributed by atoms with Gasteiger partial charge in [0.25, 0.3) is 0 Å². The van der Waals surface area contributed by atoms with Crippen molar-refractivity contribution in [1.82, 2.24) is 15.5 Å². The molecule has 1 aliphatic heterocycles. The first-order valence-electron chi connectivity index (χ1n) is 6.44. The summed E-state index contributed by atoms with van der Waals surface area (Å²) in [5.74, 6) is 0.196. The Morgan fingerprint density at radius 3 is 2.62 bits per heavy atom. The molecule has 0 aromatic rings. The predicted molar refractivity (Wildman–Crippen MR) is 64.3 cm³/mol. The first kappa shape index (κ1) is 11.9. The van der Waals surface area contributed by atoms with Gasteiger partial charge in [0.15, 0.2) is 0 Å². The number of rotatable bonds is 5. The number of hydrogen-bond acceptors (Lipinski definition) is 3. The van der Waals surface area contributed by atoms with Crippen LogP contribution in [-0.4, -0.2) is 50.1 Å². The number of hydrogen-bond donors (Lipinski definition) is 2. The Labute approximate surface area is 97.8 Å². The average Bonchev–Trinajstić information content (AvgIpc) is 3.09. The third-order valence-electron chi connectivity index (χ3n) is 3.94. The van der Waals surface area contributed by atoms with Crippen LogP contribution < -0.4 is 10.6 Å². The van der Waals surface area contributed by atoms with E-state index in [4.69, 9.17) is 0 Å². The summed E-state index contributed by atoms with van der Waals surface area (Å²) in [6, 6.07) is 0. The maximum absolute atomic E-state index is 11.7. The lowest BCUT2D eigenvalue weighted by atomic mass is 10.0. The minimum absolute atomic E-state index is 0.196. The molecule has 4 heteroatoms. The van der Waals surface area contributed by atoms with E-state index in [1.807, 2.05) is 0 Å². The number of carbonyl (C=O) groups excluding carboxylic acids is 1. The second-order valence-electron chi connectivity index (χ2n) is 5.16. The van der Waals surface area contributed by atoms with E-state index in [2.05, 4.69) is 22.5 Å². The van der Waals surface area contributed by atoms with Gasteiger partial charge >= 0.3 is 0 Å². The van der Waals surface area contributed by atoms with Crippen LogP contribution in [0.5, 0.6) is 0 Å². The fourth-order valence-corrected chi connectivity index (χ4v) is 2.25. The van der Waals surface area contributed by atoms with Crippen LogP contribution in [0.3, 0.4) is 0 Å². The third kappa shape index (κ3) is 3.19. The van der Waals surface area contributed by atoms with Gasteiger partial charge in [-0.25, -0.2) is 0 Å². The molecule has 1 saturated heterocycles. The molecule has 0 spiro atoms. The van der Waals surface area contributed by atoms with Gasteiger partial charge in [-0.15, -0.1) is 0 Å². The zero-order valence-corrected chi connectivity index (χ0v) is 10.2. The Bertz CT molecular complexity index is 245. The lowest BCUT2D eigenvalue weighted by Crippen LogP contribution is -2.48. The smallest absolute Gasteiger partial charge is 0.234 e.